The summed E-state index contributed by atoms with van der Waals surface area (Å²) < 4.78 is 0. The third-order valence-corrected chi connectivity index (χ3v) is 3.35. The SMILES string of the molecule is CCN1CCC(O)=C(C(=S)Nc2ccccc2)C1=O. The molecular weight excluding hydrogens is 260 g/mol. The Morgan fingerprint density at radius 1 is 1.42 bits per heavy atom. The average molecular weight is 276 g/mol. The van der Waals surface area contributed by atoms with E-state index in [9.17, 15) is 9.90 Å². The maximum absolute atomic E-state index is 12.2. The lowest BCUT2D eigenvalue weighted by Crippen LogP contribution is -2.40. The maximum atomic E-state index is 12.2. The van der Waals surface area contributed by atoms with Gasteiger partial charge >= 0.3 is 0 Å². The molecule has 19 heavy (non-hydrogen) atoms. The van der Waals surface area contributed by atoms with E-state index in [0.717, 1.165) is 5.69 Å². The molecule has 0 aliphatic carbocycles. The summed E-state index contributed by atoms with van der Waals surface area (Å²) in [6, 6.07) is 9.36. The zero-order valence-electron chi connectivity index (χ0n) is 10.7. The van der Waals surface area contributed by atoms with Gasteiger partial charge in [0.1, 0.15) is 16.3 Å². The first kappa shape index (κ1) is 13.5. The predicted octanol–water partition coefficient (Wildman–Crippen LogP) is 2.49. The van der Waals surface area contributed by atoms with Crippen LogP contribution in [0.25, 0.3) is 0 Å². The number of thiocarbonyl (C=S) groups is 1. The van der Waals surface area contributed by atoms with E-state index in [0.29, 0.717) is 19.5 Å². The van der Waals surface area contributed by atoms with E-state index in [1.54, 1.807) is 4.90 Å². The summed E-state index contributed by atoms with van der Waals surface area (Å²) in [6.45, 7) is 3.06. The molecule has 0 aromatic heterocycles. The average Bonchev–Trinajstić information content (AvgIpc) is 2.40. The van der Waals surface area contributed by atoms with Crippen molar-refractivity contribution < 1.29 is 9.90 Å². The molecule has 2 rings (SSSR count). The maximum Gasteiger partial charge on any atom is 0.260 e. The van der Waals surface area contributed by atoms with Crippen LogP contribution in [0.3, 0.4) is 0 Å². The van der Waals surface area contributed by atoms with Gasteiger partial charge in [-0.05, 0) is 19.1 Å². The number of nitrogens with zero attached hydrogens (tertiary/aromatic N) is 1. The molecule has 0 saturated heterocycles. The highest BCUT2D eigenvalue weighted by molar-refractivity contribution is 7.81. The van der Waals surface area contributed by atoms with Gasteiger partial charge in [0, 0.05) is 25.2 Å². The van der Waals surface area contributed by atoms with Crippen molar-refractivity contribution in [2.75, 3.05) is 18.4 Å². The molecule has 0 radical (unpaired) electrons. The molecule has 0 bridgehead atoms. The van der Waals surface area contributed by atoms with Gasteiger partial charge in [0.15, 0.2) is 0 Å². The molecule has 1 amide bonds. The Morgan fingerprint density at radius 2 is 2.11 bits per heavy atom. The molecule has 4 nitrogen and oxygen atoms in total. The zero-order chi connectivity index (χ0) is 13.8. The number of carbonyl (C=O) groups is 1. The lowest BCUT2D eigenvalue weighted by atomic mass is 10.1. The fourth-order valence-electron chi connectivity index (χ4n) is 1.99. The van der Waals surface area contributed by atoms with Crippen molar-refractivity contribution in [1.29, 1.82) is 0 Å². The molecule has 2 N–H and O–H groups in total. The molecule has 1 aliphatic heterocycles. The largest absolute Gasteiger partial charge is 0.511 e. The molecule has 0 unspecified atom stereocenters. The van der Waals surface area contributed by atoms with Crippen molar-refractivity contribution in [2.45, 2.75) is 13.3 Å². The van der Waals surface area contributed by atoms with E-state index in [2.05, 4.69) is 5.32 Å². The fourth-order valence-corrected chi connectivity index (χ4v) is 2.32. The highest BCUT2D eigenvalue weighted by Crippen LogP contribution is 2.20. The zero-order valence-corrected chi connectivity index (χ0v) is 11.5. The number of anilines is 1. The smallest absolute Gasteiger partial charge is 0.260 e. The molecule has 1 aliphatic rings. The van der Waals surface area contributed by atoms with E-state index in [-0.39, 0.29) is 22.2 Å². The van der Waals surface area contributed by atoms with Crippen LogP contribution in [0.5, 0.6) is 0 Å². The van der Waals surface area contributed by atoms with Crippen LogP contribution in [0.15, 0.2) is 41.7 Å². The summed E-state index contributed by atoms with van der Waals surface area (Å²) in [6.07, 6.45) is 0.450. The number of carbonyl (C=O) groups excluding carboxylic acids is 1. The van der Waals surface area contributed by atoms with Gasteiger partial charge in [0.25, 0.3) is 5.91 Å². The van der Waals surface area contributed by atoms with Gasteiger partial charge in [-0.1, -0.05) is 30.4 Å². The molecule has 0 spiro atoms. The standard InChI is InChI=1S/C14H16N2O2S/c1-2-16-9-8-11(17)12(14(16)18)13(19)15-10-6-4-3-5-7-10/h3-7,17H,2,8-9H2,1H3,(H,15,19). The monoisotopic (exact) mass is 276 g/mol. The van der Waals surface area contributed by atoms with Crippen molar-refractivity contribution in [3.63, 3.8) is 0 Å². The number of amides is 1. The van der Waals surface area contributed by atoms with Crippen LogP contribution in [0.2, 0.25) is 0 Å². The van der Waals surface area contributed by atoms with Gasteiger partial charge in [-0.2, -0.15) is 0 Å². The number of likely N-dealkylation sites (N-methyl/N-ethyl adjacent to an activating group) is 1. The number of hydrogen-bond acceptors (Lipinski definition) is 3. The Morgan fingerprint density at radius 3 is 2.74 bits per heavy atom. The minimum atomic E-state index is -0.209. The Balaban J connectivity index is 2.20. The van der Waals surface area contributed by atoms with Crippen molar-refractivity contribution in [2.24, 2.45) is 0 Å². The van der Waals surface area contributed by atoms with E-state index in [1.165, 1.54) is 0 Å². The summed E-state index contributed by atoms with van der Waals surface area (Å²) >= 11 is 5.23. The summed E-state index contributed by atoms with van der Waals surface area (Å²) in [7, 11) is 0. The van der Waals surface area contributed by atoms with Gasteiger partial charge in [-0.3, -0.25) is 4.79 Å². The summed E-state index contributed by atoms with van der Waals surface area (Å²) in [5.41, 5.74) is 1.01. The quantitative estimate of drug-likeness (QED) is 0.833. The van der Waals surface area contributed by atoms with Crippen molar-refractivity contribution in [3.05, 3.63) is 41.7 Å². The first-order valence-electron chi connectivity index (χ1n) is 6.21. The van der Waals surface area contributed by atoms with Crippen LogP contribution in [0, 0.1) is 0 Å². The van der Waals surface area contributed by atoms with Gasteiger partial charge in [-0.15, -0.1) is 0 Å². The van der Waals surface area contributed by atoms with Gasteiger partial charge < -0.3 is 15.3 Å². The molecule has 1 aromatic rings. The van der Waals surface area contributed by atoms with Gasteiger partial charge in [-0.25, -0.2) is 0 Å². The minimum absolute atomic E-state index is 0.0723. The first-order chi connectivity index (χ1) is 9.13. The molecule has 1 heterocycles. The van der Waals surface area contributed by atoms with E-state index in [4.69, 9.17) is 12.2 Å². The second kappa shape index (κ2) is 5.84. The molecule has 0 saturated carbocycles. The minimum Gasteiger partial charge on any atom is -0.511 e. The fraction of sp³-hybridized carbons (Fsp3) is 0.286. The lowest BCUT2D eigenvalue weighted by molar-refractivity contribution is -0.127. The van der Waals surface area contributed by atoms with Crippen molar-refractivity contribution in [1.82, 2.24) is 4.90 Å². The molecular formula is C14H16N2O2S. The number of hydrogen-bond donors (Lipinski definition) is 2. The molecule has 0 atom stereocenters. The van der Waals surface area contributed by atoms with Crippen molar-refractivity contribution in [3.8, 4) is 0 Å². The highest BCUT2D eigenvalue weighted by atomic mass is 32.1. The number of aliphatic hydroxyl groups excluding tert-OH is 1. The number of aliphatic hydroxyl groups is 1. The van der Waals surface area contributed by atoms with E-state index >= 15 is 0 Å². The third-order valence-electron chi connectivity index (χ3n) is 3.05. The van der Waals surface area contributed by atoms with Crippen LogP contribution < -0.4 is 5.32 Å². The second-order valence-corrected chi connectivity index (χ2v) is 4.68. The van der Waals surface area contributed by atoms with Gasteiger partial charge in [0.2, 0.25) is 0 Å². The Labute approximate surface area is 117 Å². The Hall–Kier alpha value is -1.88. The predicted molar refractivity (Wildman–Crippen MR) is 79.2 cm³/mol. The Bertz CT molecular complexity index is 526. The van der Waals surface area contributed by atoms with Crippen LogP contribution in [0.4, 0.5) is 5.69 Å². The summed E-state index contributed by atoms with van der Waals surface area (Å²) in [5.74, 6) is -0.136. The normalized spacial score (nSPS) is 15.6. The van der Waals surface area contributed by atoms with Crippen LogP contribution in [-0.2, 0) is 4.79 Å². The van der Waals surface area contributed by atoms with E-state index in [1.807, 2.05) is 37.3 Å². The Kier molecular flexibility index (Phi) is 4.16. The summed E-state index contributed by atoms with van der Waals surface area (Å²) in [5, 5.41) is 12.9. The number of benzene rings is 1. The molecule has 5 heteroatoms. The second-order valence-electron chi connectivity index (χ2n) is 4.28. The van der Waals surface area contributed by atoms with Crippen LogP contribution in [-0.4, -0.2) is 34.0 Å². The van der Waals surface area contributed by atoms with Crippen LogP contribution >= 0.6 is 12.2 Å². The number of nitrogens with one attached hydrogen (secondary N) is 1. The number of para-hydroxylation sites is 1. The third kappa shape index (κ3) is 2.93. The molecule has 0 fully saturated rings. The topological polar surface area (TPSA) is 52.6 Å². The van der Waals surface area contributed by atoms with Crippen LogP contribution in [0.1, 0.15) is 13.3 Å². The lowest BCUT2D eigenvalue weighted by Gasteiger charge is -2.27. The number of rotatable bonds is 3. The van der Waals surface area contributed by atoms with E-state index < -0.39 is 0 Å². The first-order valence-corrected chi connectivity index (χ1v) is 6.62. The van der Waals surface area contributed by atoms with Gasteiger partial charge in [0.05, 0.1) is 0 Å². The molecule has 100 valence electrons. The van der Waals surface area contributed by atoms with Crippen molar-refractivity contribution >= 4 is 28.8 Å². The highest BCUT2D eigenvalue weighted by Gasteiger charge is 2.28. The molecule has 1 aromatic carbocycles. The summed E-state index contributed by atoms with van der Waals surface area (Å²) in [4.78, 5) is 14.1.